The molecule has 0 rings (SSSR count). The molecule has 0 saturated carbocycles. The molecule has 5 heteroatoms. The second-order valence-corrected chi connectivity index (χ2v) is 17.1. The molecule has 0 spiro atoms. The summed E-state index contributed by atoms with van der Waals surface area (Å²) in [5.41, 5.74) is 0. The topological polar surface area (TPSA) is 61.8 Å². The normalized spacial score (nSPS) is 12.4. The Morgan fingerprint density at radius 3 is 1.21 bits per heavy atom. The van der Waals surface area contributed by atoms with E-state index in [1.807, 2.05) is 0 Å². The number of carbonyl (C=O) groups is 2. The minimum atomic E-state index is -0.539. The van der Waals surface area contributed by atoms with E-state index in [0.717, 1.165) is 57.8 Å². The van der Waals surface area contributed by atoms with Gasteiger partial charge in [-0.25, -0.2) is 0 Å². The molecule has 5 nitrogen and oxygen atoms in total. The van der Waals surface area contributed by atoms with Gasteiger partial charge < -0.3 is 14.2 Å². The van der Waals surface area contributed by atoms with Gasteiger partial charge in [0.05, 0.1) is 6.61 Å². The largest absolute Gasteiger partial charge is 0.462 e. The van der Waals surface area contributed by atoms with Crippen LogP contribution in [0.15, 0.2) is 36.5 Å². The van der Waals surface area contributed by atoms with Gasteiger partial charge in [0.15, 0.2) is 6.10 Å². The van der Waals surface area contributed by atoms with E-state index in [9.17, 15) is 9.59 Å². The molecule has 0 aromatic rings. The van der Waals surface area contributed by atoms with Crippen LogP contribution in [0.3, 0.4) is 0 Å². The van der Waals surface area contributed by atoms with Gasteiger partial charge >= 0.3 is 11.9 Å². The van der Waals surface area contributed by atoms with Gasteiger partial charge in [0, 0.05) is 19.4 Å². The average Bonchev–Trinajstić information content (AvgIpc) is 3.22. The lowest BCUT2D eigenvalue weighted by atomic mass is 10.0. The Morgan fingerprint density at radius 2 is 0.724 bits per heavy atom. The Morgan fingerprint density at radius 1 is 0.379 bits per heavy atom. The maximum atomic E-state index is 12.8. The number of hydrogen-bond donors (Lipinski definition) is 0. The molecular weight excluding hydrogens is 717 g/mol. The Bertz CT molecular complexity index is 924. The van der Waals surface area contributed by atoms with Crippen LogP contribution in [0.5, 0.6) is 0 Å². The lowest BCUT2D eigenvalue weighted by molar-refractivity contribution is -0.163. The molecule has 1 atom stereocenters. The van der Waals surface area contributed by atoms with E-state index in [4.69, 9.17) is 14.2 Å². The fraction of sp³-hybridized carbons (Fsp3) is 0.849. The maximum absolute atomic E-state index is 12.8. The number of ether oxygens (including phenoxy) is 3. The molecule has 340 valence electrons. The van der Waals surface area contributed by atoms with Crippen LogP contribution in [-0.4, -0.2) is 37.9 Å². The van der Waals surface area contributed by atoms with E-state index in [0.29, 0.717) is 19.4 Å². The predicted octanol–water partition coefficient (Wildman–Crippen LogP) is 17.0. The van der Waals surface area contributed by atoms with Gasteiger partial charge in [0.1, 0.15) is 6.61 Å². The fourth-order valence-corrected chi connectivity index (χ4v) is 7.30. The van der Waals surface area contributed by atoms with Gasteiger partial charge in [0.25, 0.3) is 0 Å². The smallest absolute Gasteiger partial charge is 0.306 e. The van der Waals surface area contributed by atoms with Crippen molar-refractivity contribution in [2.45, 2.75) is 271 Å². The highest BCUT2D eigenvalue weighted by atomic mass is 16.6. The monoisotopic (exact) mass is 815 g/mol. The van der Waals surface area contributed by atoms with Gasteiger partial charge in [0.2, 0.25) is 0 Å². The van der Waals surface area contributed by atoms with E-state index in [1.54, 1.807) is 0 Å². The molecule has 0 heterocycles. The number of rotatable bonds is 47. The first-order valence-corrected chi connectivity index (χ1v) is 25.5. The number of esters is 2. The molecule has 0 bridgehead atoms. The lowest BCUT2D eigenvalue weighted by Crippen LogP contribution is -2.30. The van der Waals surface area contributed by atoms with E-state index in [-0.39, 0.29) is 25.2 Å². The molecule has 0 N–H and O–H groups in total. The predicted molar refractivity (Wildman–Crippen MR) is 252 cm³/mol. The van der Waals surface area contributed by atoms with Crippen LogP contribution in [0.1, 0.15) is 265 Å². The molecule has 58 heavy (non-hydrogen) atoms. The SMILES string of the molecule is CCCCC/C=C\C/C=C\CCCCCCCC(=O)OCC(COCCCCCCCC/C=C\CCCCCC)OC(=O)CCCCCCCCCCCCCCC. The molecule has 0 aliphatic carbocycles. The summed E-state index contributed by atoms with van der Waals surface area (Å²) in [4.78, 5) is 25.3. The third kappa shape index (κ3) is 46.8. The number of unbranched alkanes of at least 4 members (excludes halogenated alkanes) is 30. The third-order valence-electron chi connectivity index (χ3n) is 11.1. The van der Waals surface area contributed by atoms with E-state index in [2.05, 4.69) is 57.2 Å². The molecule has 0 aliphatic heterocycles. The average molecular weight is 815 g/mol. The number of hydrogen-bond acceptors (Lipinski definition) is 5. The highest BCUT2D eigenvalue weighted by Crippen LogP contribution is 2.15. The van der Waals surface area contributed by atoms with Gasteiger partial charge in [-0.3, -0.25) is 9.59 Å². The van der Waals surface area contributed by atoms with Crippen molar-refractivity contribution in [3.8, 4) is 0 Å². The molecule has 1 unspecified atom stereocenters. The summed E-state index contributed by atoms with van der Waals surface area (Å²) in [6.45, 7) is 7.80. The van der Waals surface area contributed by atoms with Crippen molar-refractivity contribution in [3.05, 3.63) is 36.5 Å². The van der Waals surface area contributed by atoms with E-state index in [1.165, 1.54) is 173 Å². The Balaban J connectivity index is 4.27. The summed E-state index contributed by atoms with van der Waals surface area (Å²) in [5, 5.41) is 0. The molecule has 0 aliphatic rings. The van der Waals surface area contributed by atoms with Crippen LogP contribution in [0.25, 0.3) is 0 Å². The maximum Gasteiger partial charge on any atom is 0.306 e. The first kappa shape index (κ1) is 56.1. The summed E-state index contributed by atoms with van der Waals surface area (Å²) in [5.74, 6) is -0.404. The summed E-state index contributed by atoms with van der Waals surface area (Å²) < 4.78 is 17.4. The molecule has 0 amide bonds. The van der Waals surface area contributed by atoms with Gasteiger partial charge in [-0.15, -0.1) is 0 Å². The molecule has 0 saturated heterocycles. The van der Waals surface area contributed by atoms with Crippen LogP contribution < -0.4 is 0 Å². The second-order valence-electron chi connectivity index (χ2n) is 17.1. The fourth-order valence-electron chi connectivity index (χ4n) is 7.30. The minimum absolute atomic E-state index is 0.0800. The van der Waals surface area contributed by atoms with Crippen molar-refractivity contribution < 1.29 is 23.8 Å². The summed E-state index contributed by atoms with van der Waals surface area (Å²) >= 11 is 0. The molecular formula is C53H98O5. The van der Waals surface area contributed by atoms with E-state index < -0.39 is 6.10 Å². The third-order valence-corrected chi connectivity index (χ3v) is 11.1. The van der Waals surface area contributed by atoms with Crippen molar-refractivity contribution in [1.29, 1.82) is 0 Å². The number of allylic oxidation sites excluding steroid dienone is 6. The zero-order chi connectivity index (χ0) is 42.1. The first-order valence-electron chi connectivity index (χ1n) is 25.5. The highest BCUT2D eigenvalue weighted by Gasteiger charge is 2.17. The Hall–Kier alpha value is -1.88. The van der Waals surface area contributed by atoms with Gasteiger partial charge in [-0.1, -0.05) is 211 Å². The summed E-state index contributed by atoms with van der Waals surface area (Å²) in [6.07, 6.45) is 58.5. The van der Waals surface area contributed by atoms with Crippen LogP contribution >= 0.6 is 0 Å². The highest BCUT2D eigenvalue weighted by molar-refractivity contribution is 5.70. The van der Waals surface area contributed by atoms with Crippen molar-refractivity contribution in [2.75, 3.05) is 19.8 Å². The Labute approximate surface area is 361 Å². The Kier molecular flexibility index (Phi) is 47.9. The molecule has 0 fully saturated rings. The van der Waals surface area contributed by atoms with Crippen molar-refractivity contribution in [3.63, 3.8) is 0 Å². The zero-order valence-electron chi connectivity index (χ0n) is 39.1. The minimum Gasteiger partial charge on any atom is -0.462 e. The van der Waals surface area contributed by atoms with Crippen LogP contribution in [0, 0.1) is 0 Å². The summed E-state index contributed by atoms with van der Waals surface area (Å²) in [7, 11) is 0. The molecule has 0 aromatic carbocycles. The van der Waals surface area contributed by atoms with Crippen LogP contribution in [0.4, 0.5) is 0 Å². The van der Waals surface area contributed by atoms with Crippen molar-refractivity contribution >= 4 is 11.9 Å². The standard InChI is InChI=1S/C53H98O5/c1-4-7-10-13-16-19-22-25-27-29-31-34-37-40-43-46-52(54)57-50-51(49-56-48-45-42-39-36-33-30-26-23-20-17-14-11-8-5-2)58-53(55)47-44-41-38-35-32-28-24-21-18-15-12-9-6-3/h16,19-20,23,25,27,51H,4-15,17-18,21-22,24,26,28-50H2,1-3H3/b19-16-,23-20-,27-25-. The zero-order valence-corrected chi connectivity index (χ0v) is 39.1. The van der Waals surface area contributed by atoms with Gasteiger partial charge in [-0.2, -0.15) is 0 Å². The van der Waals surface area contributed by atoms with Crippen LogP contribution in [-0.2, 0) is 23.8 Å². The van der Waals surface area contributed by atoms with Crippen molar-refractivity contribution in [1.82, 2.24) is 0 Å². The molecule has 0 aromatic heterocycles. The van der Waals surface area contributed by atoms with Crippen molar-refractivity contribution in [2.24, 2.45) is 0 Å². The summed E-state index contributed by atoms with van der Waals surface area (Å²) in [6, 6.07) is 0. The van der Waals surface area contributed by atoms with Crippen LogP contribution in [0.2, 0.25) is 0 Å². The lowest BCUT2D eigenvalue weighted by Gasteiger charge is -2.18. The van der Waals surface area contributed by atoms with E-state index >= 15 is 0 Å². The second kappa shape index (κ2) is 49.5. The number of carbonyl (C=O) groups excluding carboxylic acids is 2. The molecule has 0 radical (unpaired) electrons. The van der Waals surface area contributed by atoms with Gasteiger partial charge in [-0.05, 0) is 77.0 Å². The quantitative estimate of drug-likeness (QED) is 0.0348. The first-order chi connectivity index (χ1) is 28.6.